The lowest BCUT2D eigenvalue weighted by molar-refractivity contribution is -0.144. The second-order valence-electron chi connectivity index (χ2n) is 2.59. The molecule has 1 atom stereocenters. The maximum atomic E-state index is 11.2. The van der Waals surface area contributed by atoms with Gasteiger partial charge in [0.05, 0.1) is 22.9 Å². The number of nitrogens with one attached hydrogen (secondary N) is 1. The van der Waals surface area contributed by atoms with E-state index in [0.29, 0.717) is 0 Å². The van der Waals surface area contributed by atoms with Gasteiger partial charge < -0.3 is 5.73 Å². The van der Waals surface area contributed by atoms with Crippen molar-refractivity contribution in [2.45, 2.75) is 6.04 Å². The molecule has 14 heavy (non-hydrogen) atoms. The summed E-state index contributed by atoms with van der Waals surface area (Å²) in [6.45, 7) is -0.0893. The van der Waals surface area contributed by atoms with Crippen LogP contribution in [0.4, 0.5) is 0 Å². The summed E-state index contributed by atoms with van der Waals surface area (Å²) >= 11 is 1.63. The van der Waals surface area contributed by atoms with Crippen molar-refractivity contribution in [1.82, 2.24) is 8.43 Å². The van der Waals surface area contributed by atoms with E-state index < -0.39 is 23.8 Å². The van der Waals surface area contributed by atoms with Crippen molar-refractivity contribution in [3.05, 3.63) is 12.2 Å². The third kappa shape index (κ3) is 1.93. The summed E-state index contributed by atoms with van der Waals surface area (Å²) in [7, 11) is 0. The van der Waals surface area contributed by atoms with Crippen LogP contribution in [0.2, 0.25) is 0 Å². The fourth-order valence-corrected chi connectivity index (χ4v) is 1.47. The molecular weight excluding hydrogens is 301 g/mol. The molecule has 0 bridgehead atoms. The number of hydrogen-bond acceptors (Lipinski definition) is 4. The molecule has 1 aliphatic rings. The Labute approximate surface area is 94.0 Å². The van der Waals surface area contributed by atoms with E-state index in [-0.39, 0.29) is 6.54 Å². The molecule has 0 aromatic rings. The fourth-order valence-electron chi connectivity index (χ4n) is 1.11. The topological polar surface area (TPSA) is 92.5 Å². The van der Waals surface area contributed by atoms with Gasteiger partial charge in [-0.1, -0.05) is 0 Å². The van der Waals surface area contributed by atoms with Gasteiger partial charge >= 0.3 is 0 Å². The lowest BCUT2D eigenvalue weighted by atomic mass is 10.2. The Bertz CT molecular complexity index is 297. The lowest BCUT2D eigenvalue weighted by Gasteiger charge is -2.22. The molecule has 0 radical (unpaired) electrons. The molecule has 6 nitrogen and oxygen atoms in total. The second kappa shape index (κ2) is 4.51. The third-order valence-corrected chi connectivity index (χ3v) is 2.31. The van der Waals surface area contributed by atoms with Crippen molar-refractivity contribution in [1.29, 1.82) is 0 Å². The fraction of sp³-hybridized carbons (Fsp3) is 0.286. The average Bonchev–Trinajstić information content (AvgIpc) is 2.50. The molecule has 0 saturated heterocycles. The molecule has 76 valence electrons. The standard InChI is InChI=1S/C7H8IN3O3/c8-10-7(14)4(3-9)11-5(12)1-2-6(11)13/h1-2,4H,3,9H2,(H,10,14). The number of rotatable bonds is 3. The number of hydrogen-bond donors (Lipinski definition) is 2. The largest absolute Gasteiger partial charge is 0.328 e. The Morgan fingerprint density at radius 3 is 2.36 bits per heavy atom. The van der Waals surface area contributed by atoms with Gasteiger partial charge in [0.1, 0.15) is 6.04 Å². The first-order valence-corrected chi connectivity index (χ1v) is 4.85. The molecular formula is C7H8IN3O3. The van der Waals surface area contributed by atoms with Crippen LogP contribution in [0.1, 0.15) is 0 Å². The highest BCUT2D eigenvalue weighted by Gasteiger charge is 2.34. The van der Waals surface area contributed by atoms with Crippen LogP contribution in [0.3, 0.4) is 0 Å². The maximum Gasteiger partial charge on any atom is 0.254 e. The first kappa shape index (κ1) is 11.1. The van der Waals surface area contributed by atoms with Crippen molar-refractivity contribution in [2.24, 2.45) is 5.73 Å². The summed E-state index contributed by atoms with van der Waals surface area (Å²) in [4.78, 5) is 34.5. The molecule has 0 spiro atoms. The number of nitrogens with two attached hydrogens (primary N) is 1. The maximum absolute atomic E-state index is 11.2. The van der Waals surface area contributed by atoms with E-state index in [1.165, 1.54) is 0 Å². The van der Waals surface area contributed by atoms with E-state index in [2.05, 4.69) is 3.53 Å². The zero-order chi connectivity index (χ0) is 10.7. The van der Waals surface area contributed by atoms with Gasteiger partial charge in [0, 0.05) is 18.7 Å². The molecule has 3 N–H and O–H groups in total. The first-order chi connectivity index (χ1) is 6.61. The van der Waals surface area contributed by atoms with E-state index in [0.717, 1.165) is 17.1 Å². The van der Waals surface area contributed by atoms with Crippen LogP contribution < -0.4 is 9.26 Å². The minimum Gasteiger partial charge on any atom is -0.328 e. The highest BCUT2D eigenvalue weighted by atomic mass is 127. The number of nitrogens with zero attached hydrogens (tertiary/aromatic N) is 1. The predicted octanol–water partition coefficient (Wildman–Crippen LogP) is -1.30. The van der Waals surface area contributed by atoms with Crippen LogP contribution in [0.5, 0.6) is 0 Å². The number of carbonyl (C=O) groups is 3. The predicted molar refractivity (Wildman–Crippen MR) is 56.0 cm³/mol. The third-order valence-electron chi connectivity index (χ3n) is 1.77. The van der Waals surface area contributed by atoms with E-state index in [1.807, 2.05) is 0 Å². The molecule has 3 amide bonds. The van der Waals surface area contributed by atoms with E-state index in [9.17, 15) is 14.4 Å². The Balaban J connectivity index is 2.85. The van der Waals surface area contributed by atoms with Crippen LogP contribution >= 0.6 is 22.9 Å². The smallest absolute Gasteiger partial charge is 0.254 e. The summed E-state index contributed by atoms with van der Waals surface area (Å²) < 4.78 is 2.31. The highest BCUT2D eigenvalue weighted by Crippen LogP contribution is 2.08. The van der Waals surface area contributed by atoms with Crippen LogP contribution in [0, 0.1) is 0 Å². The number of carbonyl (C=O) groups excluding carboxylic acids is 3. The van der Waals surface area contributed by atoms with Crippen LogP contribution in [-0.2, 0) is 14.4 Å². The summed E-state index contributed by atoms with van der Waals surface area (Å²) in [6.07, 6.45) is 2.23. The Kier molecular flexibility index (Phi) is 3.58. The van der Waals surface area contributed by atoms with Crippen LogP contribution in [-0.4, -0.2) is 35.2 Å². The summed E-state index contributed by atoms with van der Waals surface area (Å²) in [6, 6.07) is -0.929. The van der Waals surface area contributed by atoms with Gasteiger partial charge in [0.15, 0.2) is 0 Å². The summed E-state index contributed by atoms with van der Waals surface area (Å²) in [5, 5.41) is 0. The Hall–Kier alpha value is -0.960. The minimum absolute atomic E-state index is 0.0893. The monoisotopic (exact) mass is 309 g/mol. The van der Waals surface area contributed by atoms with Gasteiger partial charge in [-0.05, 0) is 0 Å². The quantitative estimate of drug-likeness (QED) is 0.385. The van der Waals surface area contributed by atoms with Crippen molar-refractivity contribution in [3.63, 3.8) is 0 Å². The Morgan fingerprint density at radius 1 is 1.50 bits per heavy atom. The molecule has 1 heterocycles. The Morgan fingerprint density at radius 2 is 2.00 bits per heavy atom. The van der Waals surface area contributed by atoms with Crippen LogP contribution in [0.15, 0.2) is 12.2 Å². The molecule has 1 rings (SSSR count). The molecule has 0 aromatic heterocycles. The highest BCUT2D eigenvalue weighted by molar-refractivity contribution is 14.1. The van der Waals surface area contributed by atoms with Gasteiger partial charge in [0.25, 0.3) is 17.7 Å². The number of amides is 3. The SMILES string of the molecule is NCC(C(=O)NI)N1C(=O)C=CC1=O. The molecule has 1 aliphatic heterocycles. The van der Waals surface area contributed by atoms with E-state index in [4.69, 9.17) is 5.73 Å². The summed E-state index contributed by atoms with van der Waals surface area (Å²) in [5.41, 5.74) is 5.32. The lowest BCUT2D eigenvalue weighted by Crippen LogP contribution is -2.51. The molecule has 1 unspecified atom stereocenters. The molecule has 0 fully saturated rings. The number of imide groups is 1. The van der Waals surface area contributed by atoms with Gasteiger partial charge in [0.2, 0.25) is 0 Å². The molecule has 7 heteroatoms. The number of halogens is 1. The molecule has 0 aromatic carbocycles. The first-order valence-electron chi connectivity index (χ1n) is 3.77. The summed E-state index contributed by atoms with van der Waals surface area (Å²) in [5.74, 6) is -1.48. The molecule has 0 saturated carbocycles. The zero-order valence-electron chi connectivity index (χ0n) is 7.07. The minimum atomic E-state index is -0.929. The van der Waals surface area contributed by atoms with Gasteiger partial charge in [-0.2, -0.15) is 0 Å². The van der Waals surface area contributed by atoms with Crippen molar-refractivity contribution < 1.29 is 14.4 Å². The van der Waals surface area contributed by atoms with E-state index >= 15 is 0 Å². The average molecular weight is 309 g/mol. The van der Waals surface area contributed by atoms with Gasteiger partial charge in [-0.15, -0.1) is 0 Å². The normalized spacial score (nSPS) is 17.4. The van der Waals surface area contributed by atoms with E-state index in [1.54, 1.807) is 22.9 Å². The van der Waals surface area contributed by atoms with Gasteiger partial charge in [-0.3, -0.25) is 22.8 Å². The zero-order valence-corrected chi connectivity index (χ0v) is 9.22. The van der Waals surface area contributed by atoms with Crippen molar-refractivity contribution >= 4 is 40.6 Å². The van der Waals surface area contributed by atoms with Crippen LogP contribution in [0.25, 0.3) is 0 Å². The second-order valence-corrected chi connectivity index (χ2v) is 3.13. The van der Waals surface area contributed by atoms with Crippen molar-refractivity contribution in [3.8, 4) is 0 Å². The van der Waals surface area contributed by atoms with Crippen molar-refractivity contribution in [2.75, 3.05) is 6.54 Å². The van der Waals surface area contributed by atoms with Gasteiger partial charge in [-0.25, -0.2) is 0 Å². The molecule has 0 aliphatic carbocycles.